The van der Waals surface area contributed by atoms with Gasteiger partial charge in [-0.05, 0) is 24.6 Å². The van der Waals surface area contributed by atoms with Gasteiger partial charge in [-0.3, -0.25) is 9.59 Å². The summed E-state index contributed by atoms with van der Waals surface area (Å²) in [6.45, 7) is 1.93. The fraction of sp³-hybridized carbons (Fsp3) is 0.333. The number of halogens is 2. The second-order valence-electron chi connectivity index (χ2n) is 4.56. The Kier molecular flexibility index (Phi) is 7.26. The maximum absolute atomic E-state index is 11.8. The first-order valence-corrected chi connectivity index (χ1v) is 7.34. The van der Waals surface area contributed by atoms with Crippen molar-refractivity contribution in [2.24, 2.45) is 0 Å². The van der Waals surface area contributed by atoms with Crippen molar-refractivity contribution in [3.05, 3.63) is 39.9 Å². The molecule has 0 aliphatic heterocycles. The standard InChI is InChI=1S/C15H17Cl2NO3/c1-2-4-10(9-15(20)21)18-14(19)8-7-11-12(16)5-3-6-13(11)17/h3,5-8,10H,2,4,9H2,1H3,(H,18,19)(H,20,21)/b8-7+. The molecule has 114 valence electrons. The van der Waals surface area contributed by atoms with Crippen molar-refractivity contribution in [1.82, 2.24) is 5.32 Å². The van der Waals surface area contributed by atoms with E-state index in [1.807, 2.05) is 6.92 Å². The Hall–Kier alpha value is -1.52. The molecule has 1 aromatic rings. The lowest BCUT2D eigenvalue weighted by atomic mass is 10.1. The second kappa shape index (κ2) is 8.70. The van der Waals surface area contributed by atoms with E-state index >= 15 is 0 Å². The Labute approximate surface area is 133 Å². The Bertz CT molecular complexity index is 523. The number of carboxylic acids is 1. The van der Waals surface area contributed by atoms with E-state index in [1.165, 1.54) is 12.2 Å². The summed E-state index contributed by atoms with van der Waals surface area (Å²) in [5.74, 6) is -1.31. The first kappa shape index (κ1) is 17.5. The fourth-order valence-corrected chi connectivity index (χ4v) is 2.39. The molecule has 1 unspecified atom stereocenters. The van der Waals surface area contributed by atoms with Crippen molar-refractivity contribution in [3.63, 3.8) is 0 Å². The number of nitrogens with one attached hydrogen (secondary N) is 1. The number of benzene rings is 1. The predicted octanol–water partition coefficient (Wildman–Crippen LogP) is 3.77. The lowest BCUT2D eigenvalue weighted by Gasteiger charge is -2.14. The zero-order chi connectivity index (χ0) is 15.8. The summed E-state index contributed by atoms with van der Waals surface area (Å²) in [7, 11) is 0. The van der Waals surface area contributed by atoms with Crippen LogP contribution in [0.4, 0.5) is 0 Å². The van der Waals surface area contributed by atoms with Crippen molar-refractivity contribution in [1.29, 1.82) is 0 Å². The largest absolute Gasteiger partial charge is 0.481 e. The Balaban J connectivity index is 2.71. The fourth-order valence-electron chi connectivity index (χ4n) is 1.86. The van der Waals surface area contributed by atoms with Gasteiger partial charge in [0, 0.05) is 27.7 Å². The van der Waals surface area contributed by atoms with Crippen LogP contribution in [0, 0.1) is 0 Å². The topological polar surface area (TPSA) is 66.4 Å². The van der Waals surface area contributed by atoms with Crippen LogP contribution in [0.25, 0.3) is 6.08 Å². The molecule has 21 heavy (non-hydrogen) atoms. The highest BCUT2D eigenvalue weighted by atomic mass is 35.5. The van der Waals surface area contributed by atoms with Gasteiger partial charge in [0.15, 0.2) is 0 Å². The Morgan fingerprint density at radius 2 is 1.95 bits per heavy atom. The molecule has 2 N–H and O–H groups in total. The van der Waals surface area contributed by atoms with E-state index in [2.05, 4.69) is 5.32 Å². The summed E-state index contributed by atoms with van der Waals surface area (Å²) in [6, 6.07) is 4.68. The molecule has 0 saturated carbocycles. The van der Waals surface area contributed by atoms with Crippen LogP contribution in [0.1, 0.15) is 31.7 Å². The second-order valence-corrected chi connectivity index (χ2v) is 5.38. The molecule has 0 saturated heterocycles. The highest BCUT2D eigenvalue weighted by Crippen LogP contribution is 2.25. The number of carbonyl (C=O) groups is 2. The van der Waals surface area contributed by atoms with Gasteiger partial charge >= 0.3 is 5.97 Å². The van der Waals surface area contributed by atoms with Gasteiger partial charge in [-0.15, -0.1) is 0 Å². The summed E-state index contributed by atoms with van der Waals surface area (Å²) in [6.07, 6.45) is 4.12. The Morgan fingerprint density at radius 3 is 2.48 bits per heavy atom. The summed E-state index contributed by atoms with van der Waals surface area (Å²) in [5.41, 5.74) is 0.557. The molecule has 0 aliphatic carbocycles. The van der Waals surface area contributed by atoms with Crippen LogP contribution in [-0.2, 0) is 9.59 Å². The third kappa shape index (κ3) is 6.19. The highest BCUT2D eigenvalue weighted by molar-refractivity contribution is 6.37. The van der Waals surface area contributed by atoms with Crippen molar-refractivity contribution >= 4 is 41.2 Å². The Morgan fingerprint density at radius 1 is 1.33 bits per heavy atom. The lowest BCUT2D eigenvalue weighted by molar-refractivity contribution is -0.137. The molecule has 0 heterocycles. The number of aliphatic carboxylic acids is 1. The van der Waals surface area contributed by atoms with Gasteiger partial charge in [0.1, 0.15) is 0 Å². The molecular formula is C15H17Cl2NO3. The average Bonchev–Trinajstić information content (AvgIpc) is 2.37. The maximum atomic E-state index is 11.8. The molecule has 6 heteroatoms. The molecule has 1 atom stereocenters. The van der Waals surface area contributed by atoms with Crippen LogP contribution in [0.5, 0.6) is 0 Å². The zero-order valence-corrected chi connectivity index (χ0v) is 13.1. The van der Waals surface area contributed by atoms with E-state index in [1.54, 1.807) is 18.2 Å². The SMILES string of the molecule is CCCC(CC(=O)O)NC(=O)/C=C/c1c(Cl)cccc1Cl. The molecular weight excluding hydrogens is 313 g/mol. The van der Waals surface area contributed by atoms with Gasteiger partial charge in [0.05, 0.1) is 6.42 Å². The van der Waals surface area contributed by atoms with Crippen LogP contribution in [0.2, 0.25) is 10.0 Å². The van der Waals surface area contributed by atoms with E-state index in [9.17, 15) is 9.59 Å². The van der Waals surface area contributed by atoms with Crippen LogP contribution in [0.3, 0.4) is 0 Å². The first-order valence-electron chi connectivity index (χ1n) is 6.58. The van der Waals surface area contributed by atoms with E-state index in [4.69, 9.17) is 28.3 Å². The van der Waals surface area contributed by atoms with E-state index in [-0.39, 0.29) is 18.4 Å². The molecule has 0 aliphatic rings. The highest BCUT2D eigenvalue weighted by Gasteiger charge is 2.13. The first-order chi connectivity index (χ1) is 9.93. The number of carbonyl (C=O) groups excluding carboxylic acids is 1. The molecule has 0 fully saturated rings. The van der Waals surface area contributed by atoms with Gasteiger partial charge in [-0.25, -0.2) is 0 Å². The third-order valence-electron chi connectivity index (χ3n) is 2.81. The van der Waals surface area contributed by atoms with E-state index < -0.39 is 5.97 Å². The number of amides is 1. The normalized spacial score (nSPS) is 12.3. The minimum Gasteiger partial charge on any atom is -0.481 e. The molecule has 4 nitrogen and oxygen atoms in total. The summed E-state index contributed by atoms with van der Waals surface area (Å²) in [4.78, 5) is 22.6. The zero-order valence-electron chi connectivity index (χ0n) is 11.6. The number of rotatable bonds is 7. The van der Waals surface area contributed by atoms with E-state index in [0.717, 1.165) is 6.42 Å². The monoisotopic (exact) mass is 329 g/mol. The molecule has 0 aromatic heterocycles. The van der Waals surface area contributed by atoms with Gasteiger partial charge in [-0.1, -0.05) is 42.6 Å². The molecule has 1 amide bonds. The van der Waals surface area contributed by atoms with Crippen LogP contribution >= 0.6 is 23.2 Å². The molecule has 1 rings (SSSR count). The molecule has 0 radical (unpaired) electrons. The minimum absolute atomic E-state index is 0.0970. The summed E-state index contributed by atoms with van der Waals surface area (Å²) < 4.78 is 0. The van der Waals surface area contributed by atoms with Crippen LogP contribution < -0.4 is 5.32 Å². The number of hydrogen-bond donors (Lipinski definition) is 2. The smallest absolute Gasteiger partial charge is 0.305 e. The van der Waals surface area contributed by atoms with Crippen molar-refractivity contribution in [3.8, 4) is 0 Å². The van der Waals surface area contributed by atoms with E-state index in [0.29, 0.717) is 22.0 Å². The molecule has 0 bridgehead atoms. The van der Waals surface area contributed by atoms with Gasteiger partial charge < -0.3 is 10.4 Å². The number of carboxylic acid groups (broad SMARTS) is 1. The lowest BCUT2D eigenvalue weighted by Crippen LogP contribution is -2.35. The predicted molar refractivity (Wildman–Crippen MR) is 84.6 cm³/mol. The van der Waals surface area contributed by atoms with Gasteiger partial charge in [-0.2, -0.15) is 0 Å². The van der Waals surface area contributed by atoms with Crippen LogP contribution in [-0.4, -0.2) is 23.0 Å². The van der Waals surface area contributed by atoms with Crippen molar-refractivity contribution < 1.29 is 14.7 Å². The number of hydrogen-bond acceptors (Lipinski definition) is 2. The maximum Gasteiger partial charge on any atom is 0.305 e. The van der Waals surface area contributed by atoms with Crippen molar-refractivity contribution in [2.75, 3.05) is 0 Å². The minimum atomic E-state index is -0.938. The molecule has 1 aromatic carbocycles. The van der Waals surface area contributed by atoms with Crippen LogP contribution in [0.15, 0.2) is 24.3 Å². The summed E-state index contributed by atoms with van der Waals surface area (Å²) >= 11 is 12.0. The van der Waals surface area contributed by atoms with Crippen molar-refractivity contribution in [2.45, 2.75) is 32.2 Å². The van der Waals surface area contributed by atoms with Gasteiger partial charge in [0.2, 0.25) is 5.91 Å². The average molecular weight is 330 g/mol. The molecule has 0 spiro atoms. The quantitative estimate of drug-likeness (QED) is 0.748. The summed E-state index contributed by atoms with van der Waals surface area (Å²) in [5, 5.41) is 12.4. The van der Waals surface area contributed by atoms with Gasteiger partial charge in [0.25, 0.3) is 0 Å². The third-order valence-corrected chi connectivity index (χ3v) is 3.46.